The van der Waals surface area contributed by atoms with Gasteiger partial charge in [-0.2, -0.15) is 0 Å². The molecule has 6 nitrogen and oxygen atoms in total. The van der Waals surface area contributed by atoms with E-state index >= 15 is 0 Å². The van der Waals surface area contributed by atoms with Gasteiger partial charge in [0.2, 0.25) is 0 Å². The summed E-state index contributed by atoms with van der Waals surface area (Å²) in [5.74, 6) is -0.433. The SMILES string of the molecule is CC1CCCC(C)N1NC(=O)N1CCC(CCC(=O)O)C1. The minimum atomic E-state index is -0.756. The van der Waals surface area contributed by atoms with Crippen LogP contribution in [0.4, 0.5) is 4.79 Å². The fraction of sp³-hybridized carbons (Fsp3) is 0.867. The summed E-state index contributed by atoms with van der Waals surface area (Å²) >= 11 is 0. The van der Waals surface area contributed by atoms with Crippen molar-refractivity contribution in [1.29, 1.82) is 0 Å². The number of aliphatic carboxylic acids is 1. The van der Waals surface area contributed by atoms with E-state index in [1.165, 1.54) is 6.42 Å². The predicted molar refractivity (Wildman–Crippen MR) is 79.7 cm³/mol. The van der Waals surface area contributed by atoms with Gasteiger partial charge in [0.25, 0.3) is 0 Å². The van der Waals surface area contributed by atoms with Crippen LogP contribution in [0.2, 0.25) is 0 Å². The Morgan fingerprint density at radius 1 is 1.19 bits per heavy atom. The number of hydrazine groups is 1. The number of nitrogens with zero attached hydrogens (tertiary/aromatic N) is 2. The first kappa shape index (κ1) is 16.1. The van der Waals surface area contributed by atoms with Crippen molar-refractivity contribution in [3.63, 3.8) is 0 Å². The minimum Gasteiger partial charge on any atom is -0.481 e. The third-order valence-electron chi connectivity index (χ3n) is 4.76. The molecule has 0 saturated carbocycles. The Labute approximate surface area is 126 Å². The number of hydrogen-bond acceptors (Lipinski definition) is 3. The molecule has 2 aliphatic heterocycles. The number of likely N-dealkylation sites (tertiary alicyclic amines) is 1. The number of amides is 2. The highest BCUT2D eigenvalue weighted by atomic mass is 16.4. The third kappa shape index (κ3) is 4.33. The van der Waals surface area contributed by atoms with Crippen LogP contribution < -0.4 is 5.43 Å². The zero-order chi connectivity index (χ0) is 15.4. The Hall–Kier alpha value is -1.30. The van der Waals surface area contributed by atoms with Crippen LogP contribution in [0.15, 0.2) is 0 Å². The maximum atomic E-state index is 12.3. The van der Waals surface area contributed by atoms with Crippen LogP contribution in [0.1, 0.15) is 52.4 Å². The highest BCUT2D eigenvalue weighted by molar-refractivity contribution is 5.74. The van der Waals surface area contributed by atoms with E-state index in [0.29, 0.717) is 31.0 Å². The van der Waals surface area contributed by atoms with Gasteiger partial charge in [-0.3, -0.25) is 10.2 Å². The fourth-order valence-corrected chi connectivity index (χ4v) is 3.40. The second-order valence-corrected chi connectivity index (χ2v) is 6.49. The van der Waals surface area contributed by atoms with Gasteiger partial charge in [0, 0.05) is 31.6 Å². The van der Waals surface area contributed by atoms with Crippen molar-refractivity contribution >= 4 is 12.0 Å². The van der Waals surface area contributed by atoms with Gasteiger partial charge in [-0.15, -0.1) is 0 Å². The average molecular weight is 297 g/mol. The van der Waals surface area contributed by atoms with E-state index < -0.39 is 5.97 Å². The van der Waals surface area contributed by atoms with E-state index in [1.807, 2.05) is 4.90 Å². The van der Waals surface area contributed by atoms with Gasteiger partial charge >= 0.3 is 12.0 Å². The number of carbonyl (C=O) groups excluding carboxylic acids is 1. The molecule has 0 aromatic carbocycles. The van der Waals surface area contributed by atoms with Gasteiger partial charge in [0.15, 0.2) is 0 Å². The lowest BCUT2D eigenvalue weighted by molar-refractivity contribution is -0.137. The molecule has 0 aromatic rings. The van der Waals surface area contributed by atoms with Crippen molar-refractivity contribution in [1.82, 2.24) is 15.3 Å². The molecule has 0 spiro atoms. The molecule has 3 unspecified atom stereocenters. The summed E-state index contributed by atoms with van der Waals surface area (Å²) in [6.45, 7) is 5.70. The molecule has 6 heteroatoms. The van der Waals surface area contributed by atoms with E-state index in [-0.39, 0.29) is 12.5 Å². The summed E-state index contributed by atoms with van der Waals surface area (Å²) in [5.41, 5.74) is 3.05. The molecule has 2 rings (SSSR count). The number of urea groups is 1. The van der Waals surface area contributed by atoms with Gasteiger partial charge in [0.1, 0.15) is 0 Å². The molecule has 0 aliphatic carbocycles. The summed E-state index contributed by atoms with van der Waals surface area (Å²) in [5, 5.41) is 10.8. The first-order valence-electron chi connectivity index (χ1n) is 8.03. The van der Waals surface area contributed by atoms with E-state index in [0.717, 1.165) is 25.8 Å². The Kier molecular flexibility index (Phi) is 5.45. The predicted octanol–water partition coefficient (Wildman–Crippen LogP) is 2.06. The van der Waals surface area contributed by atoms with Crippen LogP contribution in [-0.4, -0.2) is 52.2 Å². The molecular formula is C15H27N3O3. The van der Waals surface area contributed by atoms with Gasteiger partial charge < -0.3 is 10.0 Å². The summed E-state index contributed by atoms with van der Waals surface area (Å²) < 4.78 is 0. The quantitative estimate of drug-likeness (QED) is 0.833. The summed E-state index contributed by atoms with van der Waals surface area (Å²) in [6.07, 6.45) is 5.22. The molecule has 0 radical (unpaired) electrons. The zero-order valence-electron chi connectivity index (χ0n) is 13.0. The summed E-state index contributed by atoms with van der Waals surface area (Å²) in [4.78, 5) is 24.8. The summed E-state index contributed by atoms with van der Waals surface area (Å²) in [6, 6.07) is 0.722. The molecular weight excluding hydrogens is 270 g/mol. The first-order valence-corrected chi connectivity index (χ1v) is 8.03. The Bertz CT molecular complexity index is 378. The number of rotatable bonds is 4. The molecule has 2 saturated heterocycles. The Morgan fingerprint density at radius 2 is 1.86 bits per heavy atom. The monoisotopic (exact) mass is 297 g/mol. The molecule has 21 heavy (non-hydrogen) atoms. The van der Waals surface area contributed by atoms with Crippen LogP contribution in [0.5, 0.6) is 0 Å². The average Bonchev–Trinajstić information content (AvgIpc) is 2.89. The van der Waals surface area contributed by atoms with Gasteiger partial charge in [-0.25, -0.2) is 9.80 Å². The Morgan fingerprint density at radius 3 is 2.48 bits per heavy atom. The molecule has 3 atom stereocenters. The maximum Gasteiger partial charge on any atom is 0.331 e. The van der Waals surface area contributed by atoms with E-state index in [1.54, 1.807) is 0 Å². The zero-order valence-corrected chi connectivity index (χ0v) is 13.0. The molecule has 2 amide bonds. The molecule has 2 N–H and O–H groups in total. The number of nitrogens with one attached hydrogen (secondary N) is 1. The van der Waals surface area contributed by atoms with Crippen LogP contribution in [0.3, 0.4) is 0 Å². The van der Waals surface area contributed by atoms with E-state index in [9.17, 15) is 9.59 Å². The highest BCUT2D eigenvalue weighted by Gasteiger charge is 2.31. The van der Waals surface area contributed by atoms with Gasteiger partial charge in [0.05, 0.1) is 0 Å². The second kappa shape index (κ2) is 7.11. The van der Waals surface area contributed by atoms with Crippen LogP contribution >= 0.6 is 0 Å². The highest BCUT2D eigenvalue weighted by Crippen LogP contribution is 2.23. The van der Waals surface area contributed by atoms with E-state index in [2.05, 4.69) is 24.3 Å². The normalized spacial score (nSPS) is 30.4. The van der Waals surface area contributed by atoms with Crippen molar-refractivity contribution in [2.75, 3.05) is 13.1 Å². The number of carbonyl (C=O) groups is 2. The number of carboxylic acid groups (broad SMARTS) is 1. The standard InChI is InChI=1S/C15H27N3O3/c1-11-4-3-5-12(2)18(11)16-15(21)17-9-8-13(10-17)6-7-14(19)20/h11-13H,3-10H2,1-2H3,(H,16,21)(H,19,20). The lowest BCUT2D eigenvalue weighted by Crippen LogP contribution is -2.56. The van der Waals surface area contributed by atoms with Crippen molar-refractivity contribution < 1.29 is 14.7 Å². The van der Waals surface area contributed by atoms with Crippen molar-refractivity contribution in [2.24, 2.45) is 5.92 Å². The molecule has 2 heterocycles. The van der Waals surface area contributed by atoms with Crippen LogP contribution in [-0.2, 0) is 4.79 Å². The van der Waals surface area contributed by atoms with Crippen molar-refractivity contribution in [3.8, 4) is 0 Å². The molecule has 120 valence electrons. The minimum absolute atomic E-state index is 0.0339. The fourth-order valence-electron chi connectivity index (χ4n) is 3.40. The maximum absolute atomic E-state index is 12.3. The largest absolute Gasteiger partial charge is 0.481 e. The third-order valence-corrected chi connectivity index (χ3v) is 4.76. The number of hydrogen-bond donors (Lipinski definition) is 2. The summed E-state index contributed by atoms with van der Waals surface area (Å²) in [7, 11) is 0. The second-order valence-electron chi connectivity index (χ2n) is 6.49. The smallest absolute Gasteiger partial charge is 0.331 e. The van der Waals surface area contributed by atoms with Gasteiger partial charge in [-0.1, -0.05) is 6.42 Å². The molecule has 0 bridgehead atoms. The molecule has 0 aromatic heterocycles. The van der Waals surface area contributed by atoms with Gasteiger partial charge in [-0.05, 0) is 45.4 Å². The van der Waals surface area contributed by atoms with E-state index in [4.69, 9.17) is 5.11 Å². The molecule has 2 fully saturated rings. The van der Waals surface area contributed by atoms with Crippen molar-refractivity contribution in [2.45, 2.75) is 64.5 Å². The number of carboxylic acids is 1. The van der Waals surface area contributed by atoms with Crippen molar-refractivity contribution in [3.05, 3.63) is 0 Å². The van der Waals surface area contributed by atoms with Crippen LogP contribution in [0.25, 0.3) is 0 Å². The van der Waals surface area contributed by atoms with Crippen LogP contribution in [0, 0.1) is 5.92 Å². The first-order chi connectivity index (χ1) is 9.97. The Balaban J connectivity index is 1.80. The topological polar surface area (TPSA) is 72.9 Å². The number of piperidine rings is 1. The molecule has 2 aliphatic rings. The lowest BCUT2D eigenvalue weighted by Gasteiger charge is -2.39. The lowest BCUT2D eigenvalue weighted by atomic mass is 10.00.